The van der Waals surface area contributed by atoms with Crippen molar-refractivity contribution in [3.05, 3.63) is 88.8 Å². The molecule has 7 heteroatoms. The molecule has 1 aliphatic heterocycles. The van der Waals surface area contributed by atoms with Gasteiger partial charge < -0.3 is 14.3 Å². The first-order valence-corrected chi connectivity index (χ1v) is 10.2. The van der Waals surface area contributed by atoms with Crippen molar-refractivity contribution < 1.29 is 23.8 Å². The number of anilines is 1. The number of carbonyl (C=O) groups excluding carboxylic acids is 2. The maximum atomic E-state index is 13.0. The number of aliphatic hydroxyl groups excluding tert-OH is 1. The van der Waals surface area contributed by atoms with Gasteiger partial charge in [0.25, 0.3) is 11.7 Å². The smallest absolute Gasteiger partial charge is 0.300 e. The molecule has 0 spiro atoms. The fourth-order valence-electron chi connectivity index (χ4n) is 3.55. The Kier molecular flexibility index (Phi) is 5.82. The summed E-state index contributed by atoms with van der Waals surface area (Å²) in [5.41, 5.74) is 0.733. The van der Waals surface area contributed by atoms with Crippen LogP contribution in [0.5, 0.6) is 5.75 Å². The van der Waals surface area contributed by atoms with Gasteiger partial charge in [-0.05, 0) is 48.9 Å². The zero-order valence-electron chi connectivity index (χ0n) is 16.7. The van der Waals surface area contributed by atoms with E-state index in [2.05, 4.69) is 0 Å². The molecule has 1 aromatic heterocycles. The van der Waals surface area contributed by atoms with Crippen LogP contribution in [0.25, 0.3) is 5.76 Å². The predicted octanol–water partition coefficient (Wildman–Crippen LogP) is 5.35. The van der Waals surface area contributed by atoms with E-state index in [1.54, 1.807) is 60.7 Å². The number of rotatable bonds is 6. The van der Waals surface area contributed by atoms with E-state index in [1.807, 2.05) is 6.92 Å². The number of furan rings is 1. The first-order valence-electron chi connectivity index (χ1n) is 9.84. The van der Waals surface area contributed by atoms with Gasteiger partial charge in [0.05, 0.1) is 18.4 Å². The lowest BCUT2D eigenvalue weighted by Gasteiger charge is -2.23. The fourth-order valence-corrected chi connectivity index (χ4v) is 3.73. The molecule has 2 heterocycles. The maximum Gasteiger partial charge on any atom is 0.300 e. The molecule has 0 saturated carbocycles. The highest BCUT2D eigenvalue weighted by molar-refractivity contribution is 6.51. The van der Waals surface area contributed by atoms with Crippen molar-refractivity contribution in [2.24, 2.45) is 0 Å². The van der Waals surface area contributed by atoms with Crippen molar-refractivity contribution >= 4 is 34.7 Å². The molecule has 0 aliphatic carbocycles. The molecule has 1 amide bonds. The van der Waals surface area contributed by atoms with Crippen molar-refractivity contribution in [2.45, 2.75) is 19.4 Å². The minimum Gasteiger partial charge on any atom is -0.507 e. The molecule has 3 aromatic rings. The van der Waals surface area contributed by atoms with Gasteiger partial charge in [0, 0.05) is 16.3 Å². The van der Waals surface area contributed by atoms with E-state index >= 15 is 0 Å². The lowest BCUT2D eigenvalue weighted by atomic mass is 9.99. The first-order chi connectivity index (χ1) is 15.0. The van der Waals surface area contributed by atoms with Gasteiger partial charge in [-0.1, -0.05) is 36.7 Å². The molecule has 1 N–H and O–H groups in total. The summed E-state index contributed by atoms with van der Waals surface area (Å²) in [5, 5.41) is 11.5. The standard InChI is InChI=1S/C24H20ClNO5/c1-2-11-30-18-9-3-6-15(13-18)22(27)20-21(19-10-5-12-31-19)26(24(29)23(20)28)17-8-4-7-16(25)14-17/h3-10,12-14,21,27H,2,11H2,1H3/b22-20-. The highest BCUT2D eigenvalue weighted by Crippen LogP contribution is 2.42. The summed E-state index contributed by atoms with van der Waals surface area (Å²) >= 11 is 6.11. The van der Waals surface area contributed by atoms with Crippen LogP contribution in [-0.4, -0.2) is 23.4 Å². The molecule has 1 atom stereocenters. The van der Waals surface area contributed by atoms with Gasteiger partial charge in [0.1, 0.15) is 23.3 Å². The van der Waals surface area contributed by atoms with Crippen LogP contribution in [0.2, 0.25) is 5.02 Å². The van der Waals surface area contributed by atoms with Crippen molar-refractivity contribution in [2.75, 3.05) is 11.5 Å². The summed E-state index contributed by atoms with van der Waals surface area (Å²) in [5.74, 6) is -0.975. The molecule has 4 rings (SSSR count). The van der Waals surface area contributed by atoms with E-state index < -0.39 is 17.7 Å². The zero-order valence-corrected chi connectivity index (χ0v) is 17.5. The number of benzene rings is 2. The molecule has 1 aliphatic rings. The van der Waals surface area contributed by atoms with Crippen molar-refractivity contribution in [1.82, 2.24) is 0 Å². The third-order valence-corrected chi connectivity index (χ3v) is 5.16. The Morgan fingerprint density at radius 1 is 1.13 bits per heavy atom. The third kappa shape index (κ3) is 3.94. The number of ketones is 1. The van der Waals surface area contributed by atoms with Gasteiger partial charge in [-0.25, -0.2) is 0 Å². The van der Waals surface area contributed by atoms with Crippen LogP contribution >= 0.6 is 11.6 Å². The molecule has 0 bridgehead atoms. The van der Waals surface area contributed by atoms with Crippen LogP contribution in [0.1, 0.15) is 30.7 Å². The third-order valence-electron chi connectivity index (χ3n) is 4.92. The van der Waals surface area contributed by atoms with Crippen LogP contribution in [-0.2, 0) is 9.59 Å². The number of hydrogen-bond donors (Lipinski definition) is 1. The van der Waals surface area contributed by atoms with Gasteiger partial charge in [-0.15, -0.1) is 0 Å². The fraction of sp³-hybridized carbons (Fsp3) is 0.167. The quantitative estimate of drug-likeness (QED) is 0.319. The number of Topliss-reactive ketones (excluding diaryl/α,β-unsaturated/α-hetero) is 1. The van der Waals surface area contributed by atoms with Crippen molar-refractivity contribution in [1.29, 1.82) is 0 Å². The number of nitrogens with zero attached hydrogens (tertiary/aromatic N) is 1. The van der Waals surface area contributed by atoms with E-state index in [1.165, 1.54) is 11.2 Å². The number of ether oxygens (including phenoxy) is 1. The normalized spacial score (nSPS) is 17.9. The van der Waals surface area contributed by atoms with Crippen LogP contribution in [0.4, 0.5) is 5.69 Å². The van der Waals surface area contributed by atoms with Crippen LogP contribution in [0.15, 0.2) is 76.9 Å². The Balaban J connectivity index is 1.86. The van der Waals surface area contributed by atoms with E-state index in [4.69, 9.17) is 20.8 Å². The monoisotopic (exact) mass is 437 g/mol. The Morgan fingerprint density at radius 3 is 2.65 bits per heavy atom. The second-order valence-electron chi connectivity index (χ2n) is 7.04. The molecule has 1 fully saturated rings. The van der Waals surface area contributed by atoms with E-state index in [0.717, 1.165) is 6.42 Å². The summed E-state index contributed by atoms with van der Waals surface area (Å²) < 4.78 is 11.2. The average molecular weight is 438 g/mol. The minimum absolute atomic E-state index is 0.0624. The van der Waals surface area contributed by atoms with Crippen LogP contribution in [0, 0.1) is 0 Å². The molecule has 1 saturated heterocycles. The van der Waals surface area contributed by atoms with Crippen molar-refractivity contribution in [3.63, 3.8) is 0 Å². The molecule has 0 radical (unpaired) electrons. The second kappa shape index (κ2) is 8.70. The second-order valence-corrected chi connectivity index (χ2v) is 7.48. The van der Waals surface area contributed by atoms with Gasteiger partial charge in [-0.2, -0.15) is 0 Å². The Hall–Kier alpha value is -3.51. The van der Waals surface area contributed by atoms with Crippen LogP contribution < -0.4 is 9.64 Å². The molecule has 6 nitrogen and oxygen atoms in total. The zero-order chi connectivity index (χ0) is 22.0. The molecule has 31 heavy (non-hydrogen) atoms. The van der Waals surface area contributed by atoms with Gasteiger partial charge in [0.2, 0.25) is 0 Å². The topological polar surface area (TPSA) is 80.0 Å². The molecular formula is C24H20ClNO5. The SMILES string of the molecule is CCCOc1cccc(/C(O)=C2/C(=O)C(=O)N(c3cccc(Cl)c3)C2c2ccco2)c1. The van der Waals surface area contributed by atoms with Gasteiger partial charge in [-0.3, -0.25) is 14.5 Å². The molecule has 2 aromatic carbocycles. The Bertz CT molecular complexity index is 1150. The summed E-state index contributed by atoms with van der Waals surface area (Å²) in [6, 6.07) is 15.8. The molecule has 1 unspecified atom stereocenters. The number of amides is 1. The Morgan fingerprint density at radius 2 is 1.94 bits per heavy atom. The largest absolute Gasteiger partial charge is 0.507 e. The molecular weight excluding hydrogens is 418 g/mol. The van der Waals surface area contributed by atoms with E-state index in [-0.39, 0.29) is 11.3 Å². The Labute approximate surface area is 184 Å². The summed E-state index contributed by atoms with van der Waals surface area (Å²) in [7, 11) is 0. The minimum atomic E-state index is -0.936. The number of aliphatic hydroxyl groups is 1. The van der Waals surface area contributed by atoms with E-state index in [9.17, 15) is 14.7 Å². The lowest BCUT2D eigenvalue weighted by Crippen LogP contribution is -2.29. The van der Waals surface area contributed by atoms with E-state index in [0.29, 0.717) is 34.4 Å². The summed E-state index contributed by atoms with van der Waals surface area (Å²) in [6.45, 7) is 2.51. The highest BCUT2D eigenvalue weighted by Gasteiger charge is 2.48. The summed E-state index contributed by atoms with van der Waals surface area (Å²) in [6.07, 6.45) is 2.28. The van der Waals surface area contributed by atoms with Crippen LogP contribution in [0.3, 0.4) is 0 Å². The maximum absolute atomic E-state index is 13.0. The number of halogens is 1. The van der Waals surface area contributed by atoms with Gasteiger partial charge >= 0.3 is 0 Å². The van der Waals surface area contributed by atoms with Gasteiger partial charge in [0.15, 0.2) is 0 Å². The van der Waals surface area contributed by atoms with Crippen molar-refractivity contribution in [3.8, 4) is 5.75 Å². The molecule has 158 valence electrons. The summed E-state index contributed by atoms with van der Waals surface area (Å²) in [4.78, 5) is 27.3. The first kappa shape index (κ1) is 20.8. The predicted molar refractivity (Wildman–Crippen MR) is 117 cm³/mol. The lowest BCUT2D eigenvalue weighted by molar-refractivity contribution is -0.132. The highest BCUT2D eigenvalue weighted by atomic mass is 35.5. The average Bonchev–Trinajstić information content (AvgIpc) is 3.39. The number of hydrogen-bond acceptors (Lipinski definition) is 5. The number of carbonyl (C=O) groups is 2.